The predicted molar refractivity (Wildman–Crippen MR) is 80.8 cm³/mol. The summed E-state index contributed by atoms with van der Waals surface area (Å²) in [7, 11) is 0. The van der Waals surface area contributed by atoms with Crippen LogP contribution in [0.5, 0.6) is 0 Å². The molecule has 0 spiro atoms. The highest BCUT2D eigenvalue weighted by molar-refractivity contribution is 6.05. The number of nitrogens with one attached hydrogen (secondary N) is 1. The summed E-state index contributed by atoms with van der Waals surface area (Å²) < 4.78 is 0. The van der Waals surface area contributed by atoms with E-state index >= 15 is 0 Å². The summed E-state index contributed by atoms with van der Waals surface area (Å²) in [5.41, 5.74) is 18.6. The first-order valence-electron chi connectivity index (χ1n) is 5.79. The van der Waals surface area contributed by atoms with Gasteiger partial charge in [-0.1, -0.05) is 0 Å². The molecule has 100 valence electrons. The van der Waals surface area contributed by atoms with Crippen molar-refractivity contribution in [3.05, 3.63) is 39.4 Å². The van der Waals surface area contributed by atoms with Crippen LogP contribution in [0.15, 0.2) is 34.2 Å². The van der Waals surface area contributed by atoms with Crippen molar-refractivity contribution in [2.75, 3.05) is 17.2 Å². The highest BCUT2D eigenvalue weighted by Crippen LogP contribution is 2.34. The zero-order valence-corrected chi connectivity index (χ0v) is 10.3. The Morgan fingerprint density at radius 3 is 2.45 bits per heavy atom. The smallest absolute Gasteiger partial charge is 0.197 e. The molecular formula is C13H11N5O2. The van der Waals surface area contributed by atoms with Gasteiger partial charge in [-0.05, 0) is 29.4 Å². The van der Waals surface area contributed by atoms with Crippen molar-refractivity contribution in [3.8, 4) is 0 Å². The normalized spacial score (nSPS) is 11.0. The van der Waals surface area contributed by atoms with E-state index in [0.29, 0.717) is 22.1 Å². The van der Waals surface area contributed by atoms with Gasteiger partial charge in [0.25, 0.3) is 0 Å². The number of hydrogen-bond acceptors (Lipinski definition) is 6. The highest BCUT2D eigenvalue weighted by Gasteiger charge is 2.14. The quantitative estimate of drug-likeness (QED) is 0.303. The van der Waals surface area contributed by atoms with E-state index in [0.717, 1.165) is 0 Å². The van der Waals surface area contributed by atoms with Gasteiger partial charge in [0, 0.05) is 11.1 Å². The molecule has 0 aliphatic heterocycles. The lowest BCUT2D eigenvalue weighted by atomic mass is 10.1. The first-order chi connectivity index (χ1) is 9.52. The lowest BCUT2D eigenvalue weighted by Gasteiger charge is -2.09. The molecule has 0 radical (unpaired) electrons. The van der Waals surface area contributed by atoms with Crippen molar-refractivity contribution >= 4 is 44.6 Å². The average Bonchev–Trinajstić information content (AvgIpc) is 2.43. The van der Waals surface area contributed by atoms with E-state index in [1.165, 1.54) is 6.07 Å². The SMILES string of the molecule is Nc1ccc2c(=O)c3cc(N=O)c(N)c(N)c3[nH]c2c1. The van der Waals surface area contributed by atoms with Crippen LogP contribution in [0, 0.1) is 4.91 Å². The zero-order valence-electron chi connectivity index (χ0n) is 10.3. The molecule has 0 aliphatic carbocycles. The summed E-state index contributed by atoms with van der Waals surface area (Å²) >= 11 is 0. The van der Waals surface area contributed by atoms with Crippen LogP contribution >= 0.6 is 0 Å². The number of H-pyrrole nitrogens is 1. The van der Waals surface area contributed by atoms with Gasteiger partial charge >= 0.3 is 0 Å². The second kappa shape index (κ2) is 3.95. The average molecular weight is 269 g/mol. The lowest BCUT2D eigenvalue weighted by molar-refractivity contribution is 1.45. The monoisotopic (exact) mass is 269 g/mol. The van der Waals surface area contributed by atoms with Gasteiger partial charge in [0.05, 0.1) is 27.8 Å². The summed E-state index contributed by atoms with van der Waals surface area (Å²) in [6, 6.07) is 6.22. The van der Waals surface area contributed by atoms with E-state index in [9.17, 15) is 9.70 Å². The van der Waals surface area contributed by atoms with Crippen molar-refractivity contribution in [1.82, 2.24) is 4.98 Å². The Bertz CT molecular complexity index is 930. The summed E-state index contributed by atoms with van der Waals surface area (Å²) in [5, 5.41) is 3.51. The molecule has 1 heterocycles. The van der Waals surface area contributed by atoms with Gasteiger partial charge in [-0.15, -0.1) is 4.91 Å². The van der Waals surface area contributed by atoms with E-state index in [1.807, 2.05) is 0 Å². The fourth-order valence-electron chi connectivity index (χ4n) is 2.24. The van der Waals surface area contributed by atoms with E-state index < -0.39 is 0 Å². The minimum absolute atomic E-state index is 0.0460. The van der Waals surface area contributed by atoms with Gasteiger partial charge in [0.1, 0.15) is 5.69 Å². The molecule has 0 aliphatic rings. The van der Waals surface area contributed by atoms with Crippen molar-refractivity contribution in [2.24, 2.45) is 5.18 Å². The van der Waals surface area contributed by atoms with E-state index in [-0.39, 0.29) is 27.9 Å². The molecule has 0 bridgehead atoms. The number of rotatable bonds is 1. The molecule has 0 atom stereocenters. The second-order valence-corrected chi connectivity index (χ2v) is 4.50. The molecule has 0 unspecified atom stereocenters. The lowest BCUT2D eigenvalue weighted by Crippen LogP contribution is -2.07. The van der Waals surface area contributed by atoms with Crippen LogP contribution in [0.1, 0.15) is 0 Å². The summed E-state index contributed by atoms with van der Waals surface area (Å²) in [6.07, 6.45) is 0. The molecule has 0 saturated heterocycles. The van der Waals surface area contributed by atoms with Gasteiger partial charge in [0.2, 0.25) is 0 Å². The Labute approximate surface area is 112 Å². The molecule has 0 amide bonds. The number of benzene rings is 2. The molecule has 7 heteroatoms. The Morgan fingerprint density at radius 1 is 1.00 bits per heavy atom. The molecule has 7 nitrogen and oxygen atoms in total. The van der Waals surface area contributed by atoms with Crippen molar-refractivity contribution in [3.63, 3.8) is 0 Å². The number of hydrogen-bond donors (Lipinski definition) is 4. The number of pyridine rings is 1. The van der Waals surface area contributed by atoms with Gasteiger partial charge in [-0.25, -0.2) is 0 Å². The maximum Gasteiger partial charge on any atom is 0.197 e. The topological polar surface area (TPSA) is 140 Å². The summed E-state index contributed by atoms with van der Waals surface area (Å²) in [6.45, 7) is 0. The van der Waals surface area contributed by atoms with Gasteiger partial charge in [-0.2, -0.15) is 0 Å². The number of nitrogen functional groups attached to an aromatic ring is 3. The van der Waals surface area contributed by atoms with Crippen LogP contribution in [-0.2, 0) is 0 Å². The number of nitrogens with zero attached hydrogens (tertiary/aromatic N) is 1. The zero-order chi connectivity index (χ0) is 14.4. The largest absolute Gasteiger partial charge is 0.399 e. The van der Waals surface area contributed by atoms with E-state index in [4.69, 9.17) is 17.2 Å². The number of nitroso groups, excluding NO2 is 1. The standard InChI is InChI=1S/C13H11N5O2/c14-5-1-2-6-8(3-5)17-12-7(13(6)19)4-9(18-20)10(15)11(12)16/h1-4H,14-16H2,(H,17,19). The molecule has 2 aromatic carbocycles. The first-order valence-corrected chi connectivity index (χ1v) is 5.79. The van der Waals surface area contributed by atoms with Crippen LogP contribution in [-0.4, -0.2) is 4.98 Å². The highest BCUT2D eigenvalue weighted by atomic mass is 16.3. The predicted octanol–water partition coefficient (Wildman–Crippen LogP) is 1.83. The van der Waals surface area contributed by atoms with Gasteiger partial charge in [0.15, 0.2) is 5.43 Å². The maximum absolute atomic E-state index is 12.4. The first kappa shape index (κ1) is 12.0. The molecule has 0 fully saturated rings. The van der Waals surface area contributed by atoms with Gasteiger partial charge in [-0.3, -0.25) is 4.79 Å². The van der Waals surface area contributed by atoms with Crippen LogP contribution < -0.4 is 22.6 Å². The molecule has 7 N–H and O–H groups in total. The van der Waals surface area contributed by atoms with Crippen LogP contribution in [0.4, 0.5) is 22.7 Å². The Kier molecular flexibility index (Phi) is 2.37. The minimum Gasteiger partial charge on any atom is -0.399 e. The second-order valence-electron chi connectivity index (χ2n) is 4.50. The minimum atomic E-state index is -0.259. The van der Waals surface area contributed by atoms with Crippen LogP contribution in [0.2, 0.25) is 0 Å². The molecular weight excluding hydrogens is 258 g/mol. The Hall–Kier alpha value is -3.09. The maximum atomic E-state index is 12.4. The third kappa shape index (κ3) is 1.50. The van der Waals surface area contributed by atoms with Crippen molar-refractivity contribution < 1.29 is 0 Å². The third-order valence-electron chi connectivity index (χ3n) is 3.28. The van der Waals surface area contributed by atoms with Crippen LogP contribution in [0.25, 0.3) is 21.8 Å². The van der Waals surface area contributed by atoms with Crippen LogP contribution in [0.3, 0.4) is 0 Å². The molecule has 3 aromatic rings. The molecule has 1 aromatic heterocycles. The number of fused-ring (bicyclic) bond motifs is 2. The van der Waals surface area contributed by atoms with E-state index in [2.05, 4.69) is 10.2 Å². The van der Waals surface area contributed by atoms with Crippen molar-refractivity contribution in [1.29, 1.82) is 0 Å². The fourth-order valence-corrected chi connectivity index (χ4v) is 2.24. The number of aromatic amines is 1. The number of aromatic nitrogens is 1. The summed E-state index contributed by atoms with van der Waals surface area (Å²) in [4.78, 5) is 26.2. The fraction of sp³-hybridized carbons (Fsp3) is 0. The number of anilines is 3. The third-order valence-corrected chi connectivity index (χ3v) is 3.28. The number of nitrogens with two attached hydrogens (primary N) is 3. The van der Waals surface area contributed by atoms with E-state index in [1.54, 1.807) is 18.2 Å². The molecule has 20 heavy (non-hydrogen) atoms. The Balaban J connectivity index is 2.60. The Morgan fingerprint density at radius 2 is 1.75 bits per heavy atom. The molecule has 3 rings (SSSR count). The molecule has 0 saturated carbocycles. The van der Waals surface area contributed by atoms with Gasteiger partial charge < -0.3 is 22.2 Å². The summed E-state index contributed by atoms with van der Waals surface area (Å²) in [5.74, 6) is 0. The van der Waals surface area contributed by atoms with Crippen molar-refractivity contribution in [2.45, 2.75) is 0 Å².